The third-order valence-electron chi connectivity index (χ3n) is 2.49. The van der Waals surface area contributed by atoms with E-state index in [0.717, 1.165) is 16.8 Å². The minimum Gasteiger partial charge on any atom is -0.424 e. The molecule has 0 atom stereocenters. The van der Waals surface area contributed by atoms with E-state index < -0.39 is 0 Å². The summed E-state index contributed by atoms with van der Waals surface area (Å²) in [7, 11) is 0. The zero-order chi connectivity index (χ0) is 14.0. The lowest BCUT2D eigenvalue weighted by atomic mass is 10.1. The van der Waals surface area contributed by atoms with Gasteiger partial charge in [-0.25, -0.2) is 4.98 Å². The van der Waals surface area contributed by atoms with Gasteiger partial charge in [-0.1, -0.05) is 18.3 Å². The molecule has 98 valence electrons. The maximum Gasteiger partial charge on any atom is 0.322 e. The van der Waals surface area contributed by atoms with E-state index in [-0.39, 0.29) is 11.0 Å². The van der Waals surface area contributed by atoms with Crippen LogP contribution in [-0.2, 0) is 0 Å². The van der Waals surface area contributed by atoms with Gasteiger partial charge in [0.2, 0.25) is 0 Å². The second kappa shape index (κ2) is 5.32. The SMILES string of the molecule is Cc1cc(C)cc(Oc2nc(C)cc(C(N)=S)n2)c1. The van der Waals surface area contributed by atoms with Crippen molar-refractivity contribution in [2.45, 2.75) is 20.8 Å². The first kappa shape index (κ1) is 13.4. The lowest BCUT2D eigenvalue weighted by molar-refractivity contribution is 0.439. The van der Waals surface area contributed by atoms with Crippen molar-refractivity contribution in [3.63, 3.8) is 0 Å². The summed E-state index contributed by atoms with van der Waals surface area (Å²) >= 11 is 4.92. The van der Waals surface area contributed by atoms with Crippen LogP contribution in [0.3, 0.4) is 0 Å². The predicted molar refractivity (Wildman–Crippen MR) is 78.6 cm³/mol. The van der Waals surface area contributed by atoms with Crippen molar-refractivity contribution in [1.82, 2.24) is 9.97 Å². The van der Waals surface area contributed by atoms with Crippen LogP contribution in [0.2, 0.25) is 0 Å². The number of thiocarbonyl (C=S) groups is 1. The highest BCUT2D eigenvalue weighted by atomic mass is 32.1. The molecule has 19 heavy (non-hydrogen) atoms. The van der Waals surface area contributed by atoms with Gasteiger partial charge in [-0.3, -0.25) is 0 Å². The number of hydrogen-bond donors (Lipinski definition) is 1. The van der Waals surface area contributed by atoms with Crippen LogP contribution in [0.15, 0.2) is 24.3 Å². The Morgan fingerprint density at radius 3 is 2.26 bits per heavy atom. The molecule has 0 saturated carbocycles. The second-order valence-corrected chi connectivity index (χ2v) is 4.91. The summed E-state index contributed by atoms with van der Waals surface area (Å²) in [5, 5.41) is 0. The summed E-state index contributed by atoms with van der Waals surface area (Å²) in [6.45, 7) is 5.87. The van der Waals surface area contributed by atoms with Gasteiger partial charge >= 0.3 is 6.01 Å². The van der Waals surface area contributed by atoms with Crippen LogP contribution in [0.25, 0.3) is 0 Å². The number of ether oxygens (including phenoxy) is 1. The molecule has 0 saturated heterocycles. The summed E-state index contributed by atoms with van der Waals surface area (Å²) in [6, 6.07) is 7.92. The van der Waals surface area contributed by atoms with Gasteiger partial charge in [-0.05, 0) is 50.1 Å². The van der Waals surface area contributed by atoms with Crippen LogP contribution >= 0.6 is 12.2 Å². The Bertz CT molecular complexity index is 620. The molecular weight excluding hydrogens is 258 g/mol. The van der Waals surface area contributed by atoms with Crippen molar-refractivity contribution in [3.8, 4) is 11.8 Å². The van der Waals surface area contributed by atoms with Crippen molar-refractivity contribution in [1.29, 1.82) is 0 Å². The van der Waals surface area contributed by atoms with Crippen LogP contribution in [-0.4, -0.2) is 15.0 Å². The number of nitrogens with zero attached hydrogens (tertiary/aromatic N) is 2. The molecule has 0 aliphatic heterocycles. The Kier molecular flexibility index (Phi) is 3.76. The predicted octanol–water partition coefficient (Wildman–Crippen LogP) is 2.83. The van der Waals surface area contributed by atoms with E-state index in [4.69, 9.17) is 22.7 Å². The molecule has 4 nitrogen and oxygen atoms in total. The van der Waals surface area contributed by atoms with Gasteiger partial charge in [0.25, 0.3) is 0 Å². The summed E-state index contributed by atoms with van der Waals surface area (Å²) in [6.07, 6.45) is 0. The lowest BCUT2D eigenvalue weighted by Crippen LogP contribution is -2.13. The summed E-state index contributed by atoms with van der Waals surface area (Å²) < 4.78 is 5.67. The maximum absolute atomic E-state index is 5.67. The molecule has 0 fully saturated rings. The van der Waals surface area contributed by atoms with Crippen LogP contribution in [0.1, 0.15) is 22.5 Å². The Morgan fingerprint density at radius 1 is 1.05 bits per heavy atom. The quantitative estimate of drug-likeness (QED) is 0.871. The summed E-state index contributed by atoms with van der Waals surface area (Å²) in [4.78, 5) is 8.64. The Hall–Kier alpha value is -2.01. The molecule has 0 bridgehead atoms. The van der Waals surface area contributed by atoms with Crippen molar-refractivity contribution >= 4 is 17.2 Å². The van der Waals surface area contributed by atoms with Crippen molar-refractivity contribution in [2.75, 3.05) is 0 Å². The highest BCUT2D eigenvalue weighted by molar-refractivity contribution is 7.80. The van der Waals surface area contributed by atoms with Crippen molar-refractivity contribution < 1.29 is 4.74 Å². The molecule has 1 heterocycles. The molecule has 1 aromatic heterocycles. The average molecular weight is 273 g/mol. The Labute approximate surface area is 117 Å². The first-order valence-electron chi connectivity index (χ1n) is 5.85. The molecule has 1 aromatic carbocycles. The lowest BCUT2D eigenvalue weighted by Gasteiger charge is -2.08. The number of nitrogens with two attached hydrogens (primary N) is 1. The van der Waals surface area contributed by atoms with Crippen LogP contribution < -0.4 is 10.5 Å². The molecule has 0 radical (unpaired) electrons. The topological polar surface area (TPSA) is 61.0 Å². The highest BCUT2D eigenvalue weighted by Gasteiger charge is 2.07. The van der Waals surface area contributed by atoms with E-state index in [0.29, 0.717) is 11.4 Å². The van der Waals surface area contributed by atoms with E-state index in [1.54, 1.807) is 6.07 Å². The van der Waals surface area contributed by atoms with Crippen molar-refractivity contribution in [2.24, 2.45) is 5.73 Å². The molecule has 0 aliphatic rings. The fourth-order valence-corrected chi connectivity index (χ4v) is 1.91. The molecule has 2 rings (SSSR count). The number of benzene rings is 1. The zero-order valence-electron chi connectivity index (χ0n) is 11.1. The Balaban J connectivity index is 2.35. The van der Waals surface area contributed by atoms with Gasteiger partial charge in [0.05, 0.1) is 0 Å². The molecular formula is C14H15N3OS. The van der Waals surface area contributed by atoms with Gasteiger partial charge in [0.15, 0.2) is 0 Å². The minimum atomic E-state index is 0.232. The molecule has 0 amide bonds. The largest absolute Gasteiger partial charge is 0.424 e. The monoisotopic (exact) mass is 273 g/mol. The van der Waals surface area contributed by atoms with Crippen LogP contribution in [0.5, 0.6) is 11.8 Å². The molecule has 0 spiro atoms. The van der Waals surface area contributed by atoms with Gasteiger partial charge < -0.3 is 10.5 Å². The van der Waals surface area contributed by atoms with E-state index >= 15 is 0 Å². The average Bonchev–Trinajstić information content (AvgIpc) is 2.26. The van der Waals surface area contributed by atoms with Crippen LogP contribution in [0.4, 0.5) is 0 Å². The first-order valence-corrected chi connectivity index (χ1v) is 6.26. The molecule has 0 aliphatic carbocycles. The van der Waals surface area contributed by atoms with E-state index in [1.165, 1.54) is 0 Å². The first-order chi connectivity index (χ1) is 8.94. The normalized spacial score (nSPS) is 10.3. The number of rotatable bonds is 3. The zero-order valence-corrected chi connectivity index (χ0v) is 11.9. The van der Waals surface area contributed by atoms with Gasteiger partial charge in [-0.2, -0.15) is 4.98 Å². The van der Waals surface area contributed by atoms with Gasteiger partial charge in [0.1, 0.15) is 16.4 Å². The smallest absolute Gasteiger partial charge is 0.322 e. The standard InChI is InChI=1S/C14H15N3OS/c1-8-4-9(2)6-11(5-8)18-14-16-10(3)7-12(17-14)13(15)19/h4-7H,1-3H3,(H2,15,19). The second-order valence-electron chi connectivity index (χ2n) is 4.47. The third kappa shape index (κ3) is 3.48. The molecule has 0 unspecified atom stereocenters. The number of hydrogen-bond acceptors (Lipinski definition) is 4. The molecule has 2 aromatic rings. The van der Waals surface area contributed by atoms with Crippen molar-refractivity contribution in [3.05, 3.63) is 46.8 Å². The van der Waals surface area contributed by atoms with Gasteiger partial charge in [-0.15, -0.1) is 0 Å². The highest BCUT2D eigenvalue weighted by Crippen LogP contribution is 2.21. The Morgan fingerprint density at radius 2 is 1.68 bits per heavy atom. The van der Waals surface area contributed by atoms with E-state index in [2.05, 4.69) is 16.0 Å². The fourth-order valence-electron chi connectivity index (χ4n) is 1.81. The van der Waals surface area contributed by atoms with Crippen LogP contribution in [0, 0.1) is 20.8 Å². The minimum absolute atomic E-state index is 0.232. The number of aromatic nitrogens is 2. The summed E-state index contributed by atoms with van der Waals surface area (Å²) in [5.41, 5.74) is 9.10. The third-order valence-corrected chi connectivity index (χ3v) is 2.70. The van der Waals surface area contributed by atoms with E-state index in [9.17, 15) is 0 Å². The van der Waals surface area contributed by atoms with Gasteiger partial charge in [0, 0.05) is 5.69 Å². The molecule has 5 heteroatoms. The van der Waals surface area contributed by atoms with E-state index in [1.807, 2.05) is 32.9 Å². The summed E-state index contributed by atoms with van der Waals surface area (Å²) in [5.74, 6) is 0.706. The molecule has 2 N–H and O–H groups in total. The number of aryl methyl sites for hydroxylation is 3. The fraction of sp³-hybridized carbons (Fsp3) is 0.214. The maximum atomic E-state index is 5.67.